The first kappa shape index (κ1) is 22.5. The normalized spacial score (nSPS) is 15.7. The molecule has 0 radical (unpaired) electrons. The van der Waals surface area contributed by atoms with E-state index in [9.17, 15) is 19.2 Å². The molecule has 1 atom stereocenters. The lowest BCUT2D eigenvalue weighted by Crippen LogP contribution is -2.54. The highest BCUT2D eigenvalue weighted by molar-refractivity contribution is 6.03. The van der Waals surface area contributed by atoms with Gasteiger partial charge in [-0.2, -0.15) is 0 Å². The van der Waals surface area contributed by atoms with Crippen molar-refractivity contribution in [2.45, 2.75) is 26.3 Å². The van der Waals surface area contributed by atoms with Gasteiger partial charge in [-0.1, -0.05) is 29.8 Å². The van der Waals surface area contributed by atoms with E-state index in [0.717, 1.165) is 20.3 Å². The molecule has 1 aliphatic rings. The molecule has 166 valence electrons. The van der Waals surface area contributed by atoms with Gasteiger partial charge in [0.05, 0.1) is 12.5 Å². The Hall–Kier alpha value is -3.20. The van der Waals surface area contributed by atoms with Crippen molar-refractivity contribution < 1.29 is 9.59 Å². The molecule has 2 N–H and O–H groups in total. The van der Waals surface area contributed by atoms with Crippen LogP contribution in [0.1, 0.15) is 28.4 Å². The zero-order chi connectivity index (χ0) is 22.9. The molecule has 31 heavy (non-hydrogen) atoms. The molecule has 2 aromatic rings. The number of hydrogen-bond donors (Lipinski definition) is 1. The first-order chi connectivity index (χ1) is 14.6. The highest BCUT2D eigenvalue weighted by Crippen LogP contribution is 2.14. The molecule has 1 aliphatic heterocycles. The van der Waals surface area contributed by atoms with Crippen LogP contribution in [0.5, 0.6) is 0 Å². The lowest BCUT2D eigenvalue weighted by Gasteiger charge is -2.37. The van der Waals surface area contributed by atoms with E-state index in [1.54, 1.807) is 11.8 Å². The van der Waals surface area contributed by atoms with Crippen LogP contribution < -0.4 is 17.0 Å². The third-order valence-corrected chi connectivity index (χ3v) is 6.03. The molecule has 1 saturated heterocycles. The minimum atomic E-state index is -0.690. The molecule has 1 fully saturated rings. The van der Waals surface area contributed by atoms with Crippen molar-refractivity contribution in [3.63, 3.8) is 0 Å². The summed E-state index contributed by atoms with van der Waals surface area (Å²) in [6.07, 6.45) is 0.347. The molecule has 0 saturated carbocycles. The van der Waals surface area contributed by atoms with E-state index in [1.807, 2.05) is 36.1 Å². The minimum Gasteiger partial charge on any atom is -0.384 e. The van der Waals surface area contributed by atoms with Gasteiger partial charge >= 0.3 is 5.69 Å². The number of carbonyl (C=O) groups excluding carboxylic acids is 2. The molecular weight excluding hydrogens is 398 g/mol. The number of nitrogens with two attached hydrogens (primary N) is 1. The molecule has 0 bridgehead atoms. The largest absolute Gasteiger partial charge is 0.384 e. The number of aryl methyl sites for hydroxylation is 1. The minimum absolute atomic E-state index is 0.0543. The number of piperazine rings is 1. The maximum Gasteiger partial charge on any atom is 0.332 e. The summed E-state index contributed by atoms with van der Waals surface area (Å²) >= 11 is 0. The topological polar surface area (TPSA) is 111 Å². The molecule has 3 rings (SSSR count). The van der Waals surface area contributed by atoms with Crippen molar-refractivity contribution in [2.24, 2.45) is 14.1 Å². The fourth-order valence-corrected chi connectivity index (χ4v) is 3.82. The standard InChI is InChI=1S/C22H29N5O4/c1-14-5-7-16(8-6-14)13-17(28)27-11-9-26(10-12-27)15(2)19(29)18-20(23)24(3)22(31)25(4)21(18)30/h5-8,15H,9-13,23H2,1-4H3. The van der Waals surface area contributed by atoms with Crippen LogP contribution in [0.15, 0.2) is 33.9 Å². The number of amides is 1. The van der Waals surface area contributed by atoms with Gasteiger partial charge in [-0.3, -0.25) is 28.4 Å². The summed E-state index contributed by atoms with van der Waals surface area (Å²) in [4.78, 5) is 53.9. The monoisotopic (exact) mass is 427 g/mol. The summed E-state index contributed by atoms with van der Waals surface area (Å²) in [6, 6.07) is 7.30. The maximum absolute atomic E-state index is 13.1. The van der Waals surface area contributed by atoms with Gasteiger partial charge in [0.1, 0.15) is 11.4 Å². The van der Waals surface area contributed by atoms with Gasteiger partial charge in [-0.15, -0.1) is 0 Å². The van der Waals surface area contributed by atoms with Gasteiger partial charge < -0.3 is 10.6 Å². The third kappa shape index (κ3) is 4.46. The Bertz CT molecular complexity index is 1110. The molecular formula is C22H29N5O4. The van der Waals surface area contributed by atoms with Crippen LogP contribution in [0.25, 0.3) is 0 Å². The lowest BCUT2D eigenvalue weighted by atomic mass is 10.0. The summed E-state index contributed by atoms with van der Waals surface area (Å²) in [5, 5.41) is 0. The number of anilines is 1. The van der Waals surface area contributed by atoms with E-state index in [0.29, 0.717) is 32.6 Å². The average Bonchev–Trinajstić information content (AvgIpc) is 2.77. The van der Waals surface area contributed by atoms with Crippen LogP contribution in [0.4, 0.5) is 5.82 Å². The molecule has 9 nitrogen and oxygen atoms in total. The second kappa shape index (κ2) is 8.89. The van der Waals surface area contributed by atoms with Gasteiger partial charge in [-0.05, 0) is 19.4 Å². The van der Waals surface area contributed by atoms with E-state index < -0.39 is 23.1 Å². The van der Waals surface area contributed by atoms with Gasteiger partial charge in [0.2, 0.25) is 5.91 Å². The van der Waals surface area contributed by atoms with Crippen LogP contribution in [0.3, 0.4) is 0 Å². The third-order valence-electron chi connectivity index (χ3n) is 6.03. The highest BCUT2D eigenvalue weighted by atomic mass is 16.2. The number of rotatable bonds is 5. The molecule has 0 spiro atoms. The molecule has 0 aliphatic carbocycles. The van der Waals surface area contributed by atoms with Gasteiger partial charge in [0.15, 0.2) is 5.78 Å². The molecule has 1 amide bonds. The lowest BCUT2D eigenvalue weighted by molar-refractivity contribution is -0.132. The van der Waals surface area contributed by atoms with Gasteiger partial charge in [-0.25, -0.2) is 4.79 Å². The number of carbonyl (C=O) groups is 2. The zero-order valence-electron chi connectivity index (χ0n) is 18.4. The number of aromatic nitrogens is 2. The predicted octanol–water partition coefficient (Wildman–Crippen LogP) is -0.0673. The number of nitrogens with zero attached hydrogens (tertiary/aromatic N) is 4. The molecule has 2 heterocycles. The van der Waals surface area contributed by atoms with Crippen LogP contribution in [-0.2, 0) is 25.3 Å². The SMILES string of the molecule is Cc1ccc(CC(=O)N2CCN(C(C)C(=O)c3c(N)n(C)c(=O)n(C)c3=O)CC2)cc1. The van der Waals surface area contributed by atoms with Crippen molar-refractivity contribution in [3.8, 4) is 0 Å². The summed E-state index contributed by atoms with van der Waals surface area (Å²) in [5.74, 6) is -0.497. The van der Waals surface area contributed by atoms with E-state index in [4.69, 9.17) is 5.73 Å². The molecule has 1 aromatic carbocycles. The Balaban J connectivity index is 1.66. The van der Waals surface area contributed by atoms with Gasteiger partial charge in [0.25, 0.3) is 5.56 Å². The Morgan fingerprint density at radius 2 is 1.58 bits per heavy atom. The van der Waals surface area contributed by atoms with E-state index in [-0.39, 0.29) is 17.3 Å². The van der Waals surface area contributed by atoms with E-state index in [1.165, 1.54) is 14.1 Å². The molecule has 9 heteroatoms. The highest BCUT2D eigenvalue weighted by Gasteiger charge is 2.31. The summed E-state index contributed by atoms with van der Waals surface area (Å²) < 4.78 is 1.99. The summed E-state index contributed by atoms with van der Waals surface area (Å²) in [6.45, 7) is 5.76. The fourth-order valence-electron chi connectivity index (χ4n) is 3.82. The van der Waals surface area contributed by atoms with Crippen LogP contribution in [0.2, 0.25) is 0 Å². The number of hydrogen-bond acceptors (Lipinski definition) is 6. The summed E-state index contributed by atoms with van der Waals surface area (Å²) in [5.41, 5.74) is 6.61. The first-order valence-corrected chi connectivity index (χ1v) is 10.3. The zero-order valence-corrected chi connectivity index (χ0v) is 18.4. The second-order valence-corrected chi connectivity index (χ2v) is 8.09. The Morgan fingerprint density at radius 1 is 1.00 bits per heavy atom. The maximum atomic E-state index is 13.1. The van der Waals surface area contributed by atoms with Crippen LogP contribution >= 0.6 is 0 Å². The average molecular weight is 428 g/mol. The number of benzene rings is 1. The van der Waals surface area contributed by atoms with Crippen molar-refractivity contribution >= 4 is 17.5 Å². The Morgan fingerprint density at radius 3 is 2.16 bits per heavy atom. The number of ketones is 1. The van der Waals surface area contributed by atoms with Crippen molar-refractivity contribution in [1.29, 1.82) is 0 Å². The number of nitrogen functional groups attached to an aromatic ring is 1. The van der Waals surface area contributed by atoms with Gasteiger partial charge in [0, 0.05) is 40.3 Å². The van der Waals surface area contributed by atoms with Crippen LogP contribution in [0, 0.1) is 6.92 Å². The smallest absolute Gasteiger partial charge is 0.332 e. The number of Topliss-reactive ketones (excluding diaryl/α,β-unsaturated/α-hetero) is 1. The molecule has 1 unspecified atom stereocenters. The molecule has 1 aromatic heterocycles. The fraction of sp³-hybridized carbons (Fsp3) is 0.455. The van der Waals surface area contributed by atoms with Crippen molar-refractivity contribution in [1.82, 2.24) is 18.9 Å². The predicted molar refractivity (Wildman–Crippen MR) is 118 cm³/mol. The summed E-state index contributed by atoms with van der Waals surface area (Å²) in [7, 11) is 2.75. The van der Waals surface area contributed by atoms with Crippen LogP contribution in [-0.4, -0.2) is 62.8 Å². The Labute approximate surface area is 180 Å². The second-order valence-electron chi connectivity index (χ2n) is 8.09. The van der Waals surface area contributed by atoms with E-state index in [2.05, 4.69) is 0 Å². The first-order valence-electron chi connectivity index (χ1n) is 10.3. The Kier molecular flexibility index (Phi) is 6.45. The van der Waals surface area contributed by atoms with Crippen molar-refractivity contribution in [3.05, 3.63) is 61.8 Å². The quantitative estimate of drug-likeness (QED) is 0.669. The van der Waals surface area contributed by atoms with Crippen molar-refractivity contribution in [2.75, 3.05) is 31.9 Å². The van der Waals surface area contributed by atoms with E-state index >= 15 is 0 Å².